The van der Waals surface area contributed by atoms with E-state index in [1.807, 2.05) is 0 Å². The van der Waals surface area contributed by atoms with Crippen LogP contribution in [0.15, 0.2) is 0 Å². The molecule has 0 aliphatic heterocycles. The molecule has 0 spiro atoms. The van der Waals surface area contributed by atoms with Crippen molar-refractivity contribution in [1.29, 1.82) is 0 Å². The molecule has 7 heavy (non-hydrogen) atoms. The third kappa shape index (κ3) is 115. The second-order valence-electron chi connectivity index (χ2n) is 0.408. The van der Waals surface area contributed by atoms with Crippen molar-refractivity contribution in [3.63, 3.8) is 0 Å². The van der Waals surface area contributed by atoms with E-state index in [0.29, 0.717) is 0 Å². The minimum atomic E-state index is -5.75. The third-order valence-electron chi connectivity index (χ3n) is 0. The second kappa shape index (κ2) is 5.49. The zero-order valence-corrected chi connectivity index (χ0v) is 7.12. The third-order valence-corrected chi connectivity index (χ3v) is 0. The Morgan fingerprint density at radius 1 is 1.14 bits per heavy atom. The van der Waals surface area contributed by atoms with Gasteiger partial charge in [0.15, 0.2) is 0 Å². The molecule has 0 unspecified atom stereocenters. The van der Waals surface area contributed by atoms with Crippen molar-refractivity contribution in [2.75, 3.05) is 0 Å². The van der Waals surface area contributed by atoms with E-state index in [9.17, 15) is 0 Å². The maximum absolute atomic E-state index is 8.59. The van der Waals surface area contributed by atoms with Crippen LogP contribution in [0, 0.1) is 0 Å². The van der Waals surface area contributed by atoms with E-state index in [0.717, 1.165) is 0 Å². The van der Waals surface area contributed by atoms with Crippen LogP contribution < -0.4 is 8.32 Å². The molecule has 0 radical (unpaired) electrons. The normalized spacial score (nSPS) is 8.29. The van der Waals surface area contributed by atoms with Gasteiger partial charge < -0.3 is 0 Å². The van der Waals surface area contributed by atoms with E-state index in [1.54, 1.807) is 0 Å². The molecule has 36 valence electrons. The average molecular weight is 192 g/mol. The number of rotatable bonds is 0. The standard InChI is InChI=1S/2Cr.Mg.4O/q;2*+2;;;2*-1. The van der Waals surface area contributed by atoms with Crippen LogP contribution in [0.1, 0.15) is 0 Å². The molecule has 0 saturated heterocycles. The minimum absolute atomic E-state index is 0. The molecule has 0 heterocycles. The molecule has 7 heteroatoms. The van der Waals surface area contributed by atoms with Gasteiger partial charge >= 0.3 is 70.0 Å². The molecule has 0 N–H and O–H groups in total. The summed E-state index contributed by atoms with van der Waals surface area (Å²) >= 11 is -5.75. The fourth-order valence-corrected chi connectivity index (χ4v) is 0. The molecule has 0 rings (SSSR count). The molecule has 0 aromatic rings. The van der Waals surface area contributed by atoms with Crippen LogP contribution in [-0.4, -0.2) is 23.1 Å². The Bertz CT molecular complexity index is 92.9. The summed E-state index contributed by atoms with van der Waals surface area (Å²) in [5, 5.41) is 0. The molecule has 0 atom stereocenters. The molecule has 0 aromatic heterocycles. The molecule has 0 amide bonds. The van der Waals surface area contributed by atoms with E-state index < -0.39 is 13.6 Å². The molecule has 0 bridgehead atoms. The summed E-state index contributed by atoms with van der Waals surface area (Å²) in [7, 11) is 0. The quantitative estimate of drug-likeness (QED) is 0.383. The van der Waals surface area contributed by atoms with Gasteiger partial charge in [0.05, 0.1) is 0 Å². The number of hydrogen-bond acceptors (Lipinski definition) is 4. The van der Waals surface area contributed by atoms with Crippen LogP contribution in [0.3, 0.4) is 0 Å². The van der Waals surface area contributed by atoms with Gasteiger partial charge in [0.2, 0.25) is 0 Å². The van der Waals surface area contributed by atoms with Gasteiger partial charge in [-0.2, -0.15) is 0 Å². The first-order valence-corrected chi connectivity index (χ1v) is 2.75. The molecule has 4 nitrogen and oxygen atoms in total. The summed E-state index contributed by atoms with van der Waals surface area (Å²) in [6, 6.07) is 0. The Morgan fingerprint density at radius 2 is 1.14 bits per heavy atom. The maximum atomic E-state index is 8.59. The molecule has 0 fully saturated rings. The Labute approximate surface area is 69.6 Å². The van der Waals surface area contributed by atoms with E-state index >= 15 is 0 Å². The molecular weight excluding hydrogens is 192 g/mol. The van der Waals surface area contributed by atoms with E-state index in [-0.39, 0.29) is 40.4 Å². The van der Waals surface area contributed by atoms with Crippen molar-refractivity contribution in [2.24, 2.45) is 0 Å². The van der Waals surface area contributed by atoms with E-state index in [2.05, 4.69) is 0 Å². The monoisotopic (exact) mass is 192 g/mol. The van der Waals surface area contributed by atoms with E-state index in [4.69, 9.17) is 15.9 Å². The summed E-state index contributed by atoms with van der Waals surface area (Å²) in [6.07, 6.45) is 0. The number of hydrogen-bond donors (Lipinski definition) is 0. The van der Waals surface area contributed by atoms with Crippen LogP contribution in [0.2, 0.25) is 0 Å². The first-order valence-electron chi connectivity index (χ1n) is 0.667. The van der Waals surface area contributed by atoms with Gasteiger partial charge in [0, 0.05) is 0 Å². The Kier molecular flexibility index (Phi) is 12.4. The van der Waals surface area contributed by atoms with Gasteiger partial charge in [-0.15, -0.1) is 0 Å². The summed E-state index contributed by atoms with van der Waals surface area (Å²) in [4.78, 5) is 0. The molecule has 0 aliphatic carbocycles. The zero-order valence-electron chi connectivity index (χ0n) is 3.16. The van der Waals surface area contributed by atoms with E-state index in [1.165, 1.54) is 0 Å². The van der Waals surface area contributed by atoms with Crippen LogP contribution >= 0.6 is 0 Å². The Morgan fingerprint density at radius 3 is 1.14 bits per heavy atom. The first kappa shape index (κ1) is 15.8. The SMILES string of the molecule is [Cr+2].[Mg+2].[O]=[Cr](=[O])([O-])[O-]. The van der Waals surface area contributed by atoms with Gasteiger partial charge in [-0.3, -0.25) is 0 Å². The van der Waals surface area contributed by atoms with Crippen molar-refractivity contribution in [1.82, 2.24) is 0 Å². The predicted molar refractivity (Wildman–Crippen MR) is 7.13 cm³/mol. The van der Waals surface area contributed by atoms with Gasteiger partial charge in [-0.25, -0.2) is 0 Å². The average Bonchev–Trinajstić information content (AvgIpc) is 0.722. The van der Waals surface area contributed by atoms with Crippen molar-refractivity contribution < 1.29 is 46.9 Å². The van der Waals surface area contributed by atoms with Gasteiger partial charge in [0.25, 0.3) is 0 Å². The fraction of sp³-hybridized carbons (Fsp3) is 0. The summed E-state index contributed by atoms with van der Waals surface area (Å²) in [6.45, 7) is 0. The molecule has 0 aromatic carbocycles. The molecule has 0 saturated carbocycles. The van der Waals surface area contributed by atoms with Gasteiger partial charge in [-0.05, 0) is 0 Å². The predicted octanol–water partition coefficient (Wildman–Crippen LogP) is -3.00. The van der Waals surface area contributed by atoms with Gasteiger partial charge in [-0.1, -0.05) is 0 Å². The van der Waals surface area contributed by atoms with Crippen LogP contribution in [0.4, 0.5) is 0 Å². The van der Waals surface area contributed by atoms with Crippen molar-refractivity contribution in [3.05, 3.63) is 0 Å². The molecule has 0 aliphatic rings. The summed E-state index contributed by atoms with van der Waals surface area (Å²) < 4.78 is 34.4. The second-order valence-corrected chi connectivity index (χ2v) is 1.68. The fourth-order valence-electron chi connectivity index (χ4n) is 0. The van der Waals surface area contributed by atoms with Crippen LogP contribution in [0.5, 0.6) is 0 Å². The van der Waals surface area contributed by atoms with Crippen LogP contribution in [-0.2, 0) is 38.6 Å². The summed E-state index contributed by atoms with van der Waals surface area (Å²) in [5.41, 5.74) is 0. The van der Waals surface area contributed by atoms with Crippen molar-refractivity contribution >= 4 is 23.1 Å². The first-order chi connectivity index (χ1) is 2.00. The van der Waals surface area contributed by atoms with Crippen molar-refractivity contribution in [2.45, 2.75) is 0 Å². The Balaban J connectivity index is -0.0000000800. The van der Waals surface area contributed by atoms with Crippen molar-refractivity contribution in [3.8, 4) is 0 Å². The Hall–Kier alpha value is 1.35. The topological polar surface area (TPSA) is 80.3 Å². The summed E-state index contributed by atoms with van der Waals surface area (Å²) in [5.74, 6) is 0. The zero-order chi connectivity index (χ0) is 4.50. The van der Waals surface area contributed by atoms with Crippen LogP contribution in [0.25, 0.3) is 0 Å². The molecular formula is Cr2MgO4+2. The van der Waals surface area contributed by atoms with Gasteiger partial charge in [0.1, 0.15) is 0 Å².